The van der Waals surface area contributed by atoms with Crippen LogP contribution >= 0.6 is 0 Å². The van der Waals surface area contributed by atoms with E-state index in [-0.39, 0.29) is 10.8 Å². The average molecular weight is 442 g/mol. The molecule has 0 atom stereocenters. The fraction of sp³-hybridized carbons (Fsp3) is 0.458. The lowest BCUT2D eigenvalue weighted by Crippen LogP contribution is -2.29. The molecule has 0 aliphatic carbocycles. The Morgan fingerprint density at radius 1 is 0.935 bits per heavy atom. The second kappa shape index (κ2) is 9.51. The Hall–Kier alpha value is -2.22. The summed E-state index contributed by atoms with van der Waals surface area (Å²) in [6, 6.07) is 13.1. The maximum atomic E-state index is 12.9. The maximum absolute atomic E-state index is 12.9. The Labute approximate surface area is 185 Å². The quantitative estimate of drug-likeness (QED) is 0.716. The van der Waals surface area contributed by atoms with Crippen LogP contribution in [0.25, 0.3) is 0 Å². The maximum Gasteiger partial charge on any atom is 0.251 e. The van der Waals surface area contributed by atoms with Crippen LogP contribution in [0.4, 0.5) is 0 Å². The zero-order valence-electron chi connectivity index (χ0n) is 18.1. The number of aryl methyl sites for hydroxylation is 1. The Morgan fingerprint density at radius 3 is 2.35 bits per heavy atom. The van der Waals surface area contributed by atoms with Crippen molar-refractivity contribution in [2.24, 2.45) is 0 Å². The van der Waals surface area contributed by atoms with Crippen molar-refractivity contribution in [2.75, 3.05) is 26.2 Å². The van der Waals surface area contributed by atoms with Crippen LogP contribution in [-0.4, -0.2) is 49.7 Å². The minimum absolute atomic E-state index is 0.192. The molecule has 2 aromatic rings. The fourth-order valence-electron chi connectivity index (χ4n) is 4.40. The molecule has 2 heterocycles. The summed E-state index contributed by atoms with van der Waals surface area (Å²) in [6.45, 7) is 6.58. The first-order chi connectivity index (χ1) is 14.9. The third-order valence-corrected chi connectivity index (χ3v) is 8.10. The van der Waals surface area contributed by atoms with Crippen molar-refractivity contribution in [3.05, 3.63) is 64.7 Å². The number of rotatable bonds is 7. The number of hydrogen-bond donors (Lipinski definition) is 1. The van der Waals surface area contributed by atoms with Crippen molar-refractivity contribution >= 4 is 15.9 Å². The number of hydrogen-bond acceptors (Lipinski definition) is 4. The first-order valence-corrected chi connectivity index (χ1v) is 12.6. The van der Waals surface area contributed by atoms with E-state index in [0.29, 0.717) is 25.2 Å². The average Bonchev–Trinajstić information content (AvgIpc) is 3.47. The molecule has 0 spiro atoms. The van der Waals surface area contributed by atoms with Gasteiger partial charge in [0.15, 0.2) is 0 Å². The van der Waals surface area contributed by atoms with Gasteiger partial charge in [0.25, 0.3) is 5.91 Å². The monoisotopic (exact) mass is 441 g/mol. The lowest BCUT2D eigenvalue weighted by Gasteiger charge is -2.17. The lowest BCUT2D eigenvalue weighted by atomic mass is 10.1. The summed E-state index contributed by atoms with van der Waals surface area (Å²) in [7, 11) is -3.55. The SMILES string of the molecule is Cc1ccc(S(=O)(=O)N2CCCC2)cc1C(=O)NCc1cccc(CN2CCCC2)c1. The van der Waals surface area contributed by atoms with E-state index in [1.807, 2.05) is 19.1 Å². The molecule has 0 saturated carbocycles. The van der Waals surface area contributed by atoms with Crippen molar-refractivity contribution in [1.82, 2.24) is 14.5 Å². The van der Waals surface area contributed by atoms with Crippen LogP contribution in [0.3, 0.4) is 0 Å². The van der Waals surface area contributed by atoms with E-state index in [1.165, 1.54) is 28.8 Å². The van der Waals surface area contributed by atoms with E-state index in [9.17, 15) is 13.2 Å². The van der Waals surface area contributed by atoms with Crippen LogP contribution < -0.4 is 5.32 Å². The van der Waals surface area contributed by atoms with Crippen molar-refractivity contribution in [3.8, 4) is 0 Å². The number of nitrogens with zero attached hydrogens (tertiary/aromatic N) is 2. The molecule has 31 heavy (non-hydrogen) atoms. The van der Waals surface area contributed by atoms with Crippen LogP contribution in [-0.2, 0) is 23.1 Å². The molecule has 1 N–H and O–H groups in total. The highest BCUT2D eigenvalue weighted by Crippen LogP contribution is 2.23. The molecule has 0 radical (unpaired) electrons. The van der Waals surface area contributed by atoms with E-state index >= 15 is 0 Å². The molecular weight excluding hydrogens is 410 g/mol. The van der Waals surface area contributed by atoms with Crippen LogP contribution in [0.15, 0.2) is 47.4 Å². The zero-order chi connectivity index (χ0) is 21.8. The van der Waals surface area contributed by atoms with Gasteiger partial charge in [-0.3, -0.25) is 9.69 Å². The van der Waals surface area contributed by atoms with Crippen LogP contribution in [0.1, 0.15) is 52.7 Å². The number of carbonyl (C=O) groups excluding carboxylic acids is 1. The predicted octanol–water partition coefficient (Wildman–Crippen LogP) is 3.31. The van der Waals surface area contributed by atoms with Crippen molar-refractivity contribution in [2.45, 2.75) is 50.6 Å². The molecule has 1 amide bonds. The molecule has 2 aliphatic rings. The minimum Gasteiger partial charge on any atom is -0.348 e. The van der Waals surface area contributed by atoms with Gasteiger partial charge >= 0.3 is 0 Å². The molecule has 0 aromatic heterocycles. The number of likely N-dealkylation sites (tertiary alicyclic amines) is 1. The minimum atomic E-state index is -3.55. The van der Waals surface area contributed by atoms with E-state index in [0.717, 1.165) is 43.6 Å². The van der Waals surface area contributed by atoms with Gasteiger partial charge in [0.2, 0.25) is 10.0 Å². The zero-order valence-corrected chi connectivity index (χ0v) is 19.0. The van der Waals surface area contributed by atoms with Gasteiger partial charge in [-0.15, -0.1) is 0 Å². The third kappa shape index (κ3) is 5.17. The first-order valence-electron chi connectivity index (χ1n) is 11.1. The summed E-state index contributed by atoms with van der Waals surface area (Å²) in [5.41, 5.74) is 3.47. The summed E-state index contributed by atoms with van der Waals surface area (Å²) in [4.78, 5) is 15.5. The Kier molecular flexibility index (Phi) is 6.74. The van der Waals surface area contributed by atoms with Gasteiger partial charge in [0, 0.05) is 31.7 Å². The second-order valence-corrected chi connectivity index (χ2v) is 10.5. The van der Waals surface area contributed by atoms with E-state index in [4.69, 9.17) is 0 Å². The number of nitrogens with one attached hydrogen (secondary N) is 1. The Morgan fingerprint density at radius 2 is 1.61 bits per heavy atom. The molecule has 7 heteroatoms. The highest BCUT2D eigenvalue weighted by atomic mass is 32.2. The molecule has 0 bridgehead atoms. The number of carbonyl (C=O) groups is 1. The fourth-order valence-corrected chi connectivity index (χ4v) is 5.94. The topological polar surface area (TPSA) is 69.7 Å². The number of benzene rings is 2. The molecular formula is C24H31N3O3S. The molecule has 2 aromatic carbocycles. The highest BCUT2D eigenvalue weighted by molar-refractivity contribution is 7.89. The second-order valence-electron chi connectivity index (χ2n) is 8.57. The van der Waals surface area contributed by atoms with Gasteiger partial charge in [0.1, 0.15) is 0 Å². The van der Waals surface area contributed by atoms with Crippen molar-refractivity contribution < 1.29 is 13.2 Å². The van der Waals surface area contributed by atoms with Gasteiger partial charge in [-0.2, -0.15) is 4.31 Å². The lowest BCUT2D eigenvalue weighted by molar-refractivity contribution is 0.0950. The number of amides is 1. The summed E-state index contributed by atoms with van der Waals surface area (Å²) >= 11 is 0. The highest BCUT2D eigenvalue weighted by Gasteiger charge is 2.28. The smallest absolute Gasteiger partial charge is 0.251 e. The Bertz CT molecular complexity index is 1040. The third-order valence-electron chi connectivity index (χ3n) is 6.21. The molecule has 6 nitrogen and oxygen atoms in total. The van der Waals surface area contributed by atoms with Crippen molar-refractivity contribution in [1.29, 1.82) is 0 Å². The normalized spacial score (nSPS) is 17.8. The van der Waals surface area contributed by atoms with Gasteiger partial charge in [0.05, 0.1) is 4.90 Å². The van der Waals surface area contributed by atoms with Gasteiger partial charge in [-0.25, -0.2) is 8.42 Å². The van der Waals surface area contributed by atoms with E-state index in [1.54, 1.807) is 12.1 Å². The molecule has 0 unspecified atom stereocenters. The summed E-state index contributed by atoms with van der Waals surface area (Å²) in [5, 5.41) is 2.96. The van der Waals surface area contributed by atoms with Gasteiger partial charge < -0.3 is 5.32 Å². The molecule has 2 saturated heterocycles. The van der Waals surface area contributed by atoms with E-state index in [2.05, 4.69) is 22.3 Å². The van der Waals surface area contributed by atoms with Crippen LogP contribution in [0.2, 0.25) is 0 Å². The Balaban J connectivity index is 1.44. The standard InChI is InChI=1S/C24H31N3O3S/c1-19-9-10-22(31(29,30)27-13-4-5-14-27)16-23(19)24(28)25-17-20-7-6-8-21(15-20)18-26-11-2-3-12-26/h6-10,15-16H,2-5,11-14,17-18H2,1H3,(H,25,28). The largest absolute Gasteiger partial charge is 0.348 e. The van der Waals surface area contributed by atoms with Crippen molar-refractivity contribution in [3.63, 3.8) is 0 Å². The summed E-state index contributed by atoms with van der Waals surface area (Å²) < 4.78 is 27.2. The van der Waals surface area contributed by atoms with Crippen LogP contribution in [0.5, 0.6) is 0 Å². The van der Waals surface area contributed by atoms with Crippen LogP contribution in [0, 0.1) is 6.92 Å². The summed E-state index contributed by atoms with van der Waals surface area (Å²) in [6.07, 6.45) is 4.30. The molecule has 2 fully saturated rings. The first kappa shape index (κ1) is 22.0. The number of sulfonamides is 1. The van der Waals surface area contributed by atoms with Gasteiger partial charge in [-0.05, 0) is 74.5 Å². The molecule has 4 rings (SSSR count). The molecule has 2 aliphatic heterocycles. The summed E-state index contributed by atoms with van der Waals surface area (Å²) in [5.74, 6) is -0.249. The predicted molar refractivity (Wildman–Crippen MR) is 121 cm³/mol. The van der Waals surface area contributed by atoms with Gasteiger partial charge in [-0.1, -0.05) is 30.3 Å². The molecule has 166 valence electrons. The van der Waals surface area contributed by atoms with E-state index < -0.39 is 10.0 Å².